The van der Waals surface area contributed by atoms with Crippen LogP contribution < -0.4 is 10.6 Å². The van der Waals surface area contributed by atoms with Crippen LogP contribution in [0.25, 0.3) is 10.6 Å². The third kappa shape index (κ3) is 3.87. The van der Waals surface area contributed by atoms with Crippen molar-refractivity contribution in [2.45, 2.75) is 19.0 Å². The van der Waals surface area contributed by atoms with E-state index in [0.29, 0.717) is 12.6 Å². The molecule has 0 aliphatic carbocycles. The van der Waals surface area contributed by atoms with E-state index in [9.17, 15) is 0 Å². The number of benzene rings is 1. The van der Waals surface area contributed by atoms with Crippen LogP contribution in [0.1, 0.15) is 12.1 Å². The quantitative estimate of drug-likeness (QED) is 0.860. The molecule has 0 saturated carbocycles. The molecule has 0 bridgehead atoms. The molecule has 2 aromatic rings. The third-order valence-corrected chi connectivity index (χ3v) is 4.77. The van der Waals surface area contributed by atoms with Gasteiger partial charge in [-0.05, 0) is 20.0 Å². The second kappa shape index (κ2) is 6.94. The maximum Gasteiger partial charge on any atom is 0.123 e. The van der Waals surface area contributed by atoms with E-state index in [-0.39, 0.29) is 0 Å². The Bertz CT molecular complexity index is 623. The average Bonchev–Trinajstić information content (AvgIpc) is 3.15. The summed E-state index contributed by atoms with van der Waals surface area (Å²) in [6, 6.07) is 10.8. The zero-order chi connectivity index (χ0) is 15.4. The van der Waals surface area contributed by atoms with Gasteiger partial charge in [0.1, 0.15) is 5.01 Å². The predicted octanol–water partition coefficient (Wildman–Crippen LogP) is 2.66. The van der Waals surface area contributed by atoms with Gasteiger partial charge in [0.25, 0.3) is 0 Å². The number of thiazole rings is 1. The van der Waals surface area contributed by atoms with Gasteiger partial charge in [-0.1, -0.05) is 36.9 Å². The van der Waals surface area contributed by atoms with Crippen LogP contribution in [0, 0.1) is 0 Å². The molecule has 116 valence electrons. The maximum absolute atomic E-state index is 4.68. The molecular weight excluding hydrogens is 292 g/mol. The van der Waals surface area contributed by atoms with Crippen LogP contribution in [0.4, 0.5) is 0 Å². The van der Waals surface area contributed by atoms with E-state index in [1.54, 1.807) is 11.3 Å². The Morgan fingerprint density at radius 1 is 1.41 bits per heavy atom. The molecule has 2 heterocycles. The topological polar surface area (TPSA) is 40.2 Å². The molecule has 4 nitrogen and oxygen atoms in total. The van der Waals surface area contributed by atoms with Crippen LogP contribution in [-0.2, 0) is 6.54 Å². The largest absolute Gasteiger partial charge is 0.368 e. The van der Waals surface area contributed by atoms with Crippen molar-refractivity contribution in [1.82, 2.24) is 20.5 Å². The molecule has 1 aliphatic rings. The number of likely N-dealkylation sites (N-methyl/N-ethyl adjacent to an activating group) is 1. The Balaban J connectivity index is 1.50. The van der Waals surface area contributed by atoms with Gasteiger partial charge < -0.3 is 15.5 Å². The number of likely N-dealkylation sites (tertiary alicyclic amines) is 1. The number of rotatable bonds is 6. The molecule has 2 N–H and O–H groups in total. The van der Waals surface area contributed by atoms with Crippen molar-refractivity contribution in [3.63, 3.8) is 0 Å². The molecule has 1 aromatic carbocycles. The number of hydrogen-bond donors (Lipinski definition) is 2. The summed E-state index contributed by atoms with van der Waals surface area (Å²) in [6.45, 7) is 6.99. The smallest absolute Gasteiger partial charge is 0.123 e. The van der Waals surface area contributed by atoms with E-state index in [0.717, 1.165) is 29.6 Å². The first-order chi connectivity index (χ1) is 10.7. The second-order valence-electron chi connectivity index (χ2n) is 5.73. The molecule has 3 rings (SSSR count). The lowest BCUT2D eigenvalue weighted by Crippen LogP contribution is -2.35. The van der Waals surface area contributed by atoms with Crippen LogP contribution in [0.5, 0.6) is 0 Å². The van der Waals surface area contributed by atoms with Crippen molar-refractivity contribution in [3.8, 4) is 10.6 Å². The molecule has 0 amide bonds. The molecule has 0 radical (unpaired) electrons. The Morgan fingerprint density at radius 3 is 2.95 bits per heavy atom. The minimum absolute atomic E-state index is 0.500. The summed E-state index contributed by atoms with van der Waals surface area (Å²) in [7, 11) is 2.15. The third-order valence-electron chi connectivity index (χ3n) is 3.83. The van der Waals surface area contributed by atoms with Crippen LogP contribution in [0.15, 0.2) is 48.1 Å². The fourth-order valence-electron chi connectivity index (χ4n) is 2.65. The van der Waals surface area contributed by atoms with Gasteiger partial charge in [-0.15, -0.1) is 11.3 Å². The lowest BCUT2D eigenvalue weighted by atomic mass is 10.2. The highest BCUT2D eigenvalue weighted by molar-refractivity contribution is 7.13. The van der Waals surface area contributed by atoms with Crippen LogP contribution in [0.3, 0.4) is 0 Å². The van der Waals surface area contributed by atoms with Crippen molar-refractivity contribution < 1.29 is 0 Å². The highest BCUT2D eigenvalue weighted by Gasteiger charge is 2.19. The Labute approximate surface area is 135 Å². The molecule has 1 fully saturated rings. The zero-order valence-electron chi connectivity index (χ0n) is 12.9. The molecular formula is C17H22N4S. The van der Waals surface area contributed by atoms with Gasteiger partial charge >= 0.3 is 0 Å². The summed E-state index contributed by atoms with van der Waals surface area (Å²) in [5.41, 5.74) is 2.22. The van der Waals surface area contributed by atoms with E-state index in [4.69, 9.17) is 0 Å². The van der Waals surface area contributed by atoms with Gasteiger partial charge in [-0.2, -0.15) is 0 Å². The van der Waals surface area contributed by atoms with Crippen molar-refractivity contribution in [1.29, 1.82) is 0 Å². The molecule has 5 heteroatoms. The van der Waals surface area contributed by atoms with Gasteiger partial charge in [0.2, 0.25) is 0 Å². The second-order valence-corrected chi connectivity index (χ2v) is 6.59. The Hall–Kier alpha value is -1.85. The zero-order valence-corrected chi connectivity index (χ0v) is 13.7. The highest BCUT2D eigenvalue weighted by atomic mass is 32.1. The summed E-state index contributed by atoms with van der Waals surface area (Å²) >= 11 is 1.68. The normalized spacial score (nSPS) is 18.3. The number of nitrogens with zero attached hydrogens (tertiary/aromatic N) is 2. The number of nitrogens with one attached hydrogen (secondary N) is 2. The van der Waals surface area contributed by atoms with Crippen molar-refractivity contribution in [2.24, 2.45) is 0 Å². The van der Waals surface area contributed by atoms with Gasteiger partial charge in [0.05, 0.1) is 18.1 Å². The van der Waals surface area contributed by atoms with Gasteiger partial charge in [0.15, 0.2) is 0 Å². The SMILES string of the molecule is C=C(NCc1csc(-c2ccccc2)n1)N[C@@H]1CCN(C)C1. The first kappa shape index (κ1) is 15.1. The van der Waals surface area contributed by atoms with E-state index < -0.39 is 0 Å². The molecule has 1 aromatic heterocycles. The van der Waals surface area contributed by atoms with Gasteiger partial charge in [-0.25, -0.2) is 4.98 Å². The lowest BCUT2D eigenvalue weighted by Gasteiger charge is -2.17. The van der Waals surface area contributed by atoms with Gasteiger partial charge in [0, 0.05) is 23.5 Å². The van der Waals surface area contributed by atoms with E-state index >= 15 is 0 Å². The summed E-state index contributed by atoms with van der Waals surface area (Å²) in [5.74, 6) is 0.884. The van der Waals surface area contributed by atoms with E-state index in [1.807, 2.05) is 18.2 Å². The molecule has 1 aliphatic heterocycles. The van der Waals surface area contributed by atoms with Crippen molar-refractivity contribution >= 4 is 11.3 Å². The molecule has 1 atom stereocenters. The van der Waals surface area contributed by atoms with Crippen LogP contribution in [0.2, 0.25) is 0 Å². The van der Waals surface area contributed by atoms with Crippen LogP contribution >= 0.6 is 11.3 Å². The summed E-state index contributed by atoms with van der Waals surface area (Å²) in [5, 5.41) is 9.94. The van der Waals surface area contributed by atoms with Crippen molar-refractivity contribution in [2.75, 3.05) is 20.1 Å². The minimum Gasteiger partial charge on any atom is -0.368 e. The summed E-state index contributed by atoms with van der Waals surface area (Å²) in [6.07, 6.45) is 1.17. The molecule has 1 saturated heterocycles. The Morgan fingerprint density at radius 2 is 2.23 bits per heavy atom. The minimum atomic E-state index is 0.500. The number of hydrogen-bond acceptors (Lipinski definition) is 5. The molecule has 22 heavy (non-hydrogen) atoms. The fraction of sp³-hybridized carbons (Fsp3) is 0.353. The first-order valence-corrected chi connectivity index (χ1v) is 8.46. The van der Waals surface area contributed by atoms with Crippen molar-refractivity contribution in [3.05, 3.63) is 53.8 Å². The first-order valence-electron chi connectivity index (χ1n) is 7.58. The fourth-order valence-corrected chi connectivity index (χ4v) is 3.47. The van der Waals surface area contributed by atoms with E-state index in [2.05, 4.69) is 51.7 Å². The van der Waals surface area contributed by atoms with Crippen LogP contribution in [-0.4, -0.2) is 36.1 Å². The molecule has 0 spiro atoms. The predicted molar refractivity (Wildman–Crippen MR) is 92.6 cm³/mol. The highest BCUT2D eigenvalue weighted by Crippen LogP contribution is 2.23. The Kier molecular flexibility index (Phi) is 4.75. The molecule has 0 unspecified atom stereocenters. The summed E-state index contributed by atoms with van der Waals surface area (Å²) < 4.78 is 0. The van der Waals surface area contributed by atoms with E-state index in [1.165, 1.54) is 12.0 Å². The summed E-state index contributed by atoms with van der Waals surface area (Å²) in [4.78, 5) is 7.01. The average molecular weight is 314 g/mol. The maximum atomic E-state index is 4.68. The standard InChI is InChI=1S/C17H22N4S/c1-13(19-15-8-9-21(2)11-15)18-10-16-12-22-17(20-16)14-6-4-3-5-7-14/h3-7,12,15,18-19H,1,8-11H2,2H3/t15-/m1/s1. The monoisotopic (exact) mass is 314 g/mol. The number of aromatic nitrogens is 1. The lowest BCUT2D eigenvalue weighted by molar-refractivity contribution is 0.402. The van der Waals surface area contributed by atoms with Gasteiger partial charge in [-0.3, -0.25) is 0 Å².